The molecule has 1 unspecified atom stereocenters. The van der Waals surface area contributed by atoms with Crippen LogP contribution < -0.4 is 16.1 Å². The van der Waals surface area contributed by atoms with E-state index in [1.54, 1.807) is 4.90 Å². The first-order valence-corrected chi connectivity index (χ1v) is 5.96. The Morgan fingerprint density at radius 2 is 2.05 bits per heavy atom. The highest BCUT2D eigenvalue weighted by molar-refractivity contribution is 5.80. The van der Waals surface area contributed by atoms with Crippen LogP contribution in [0, 0.1) is 0 Å². The normalized spacial score (nSPS) is 18.7. The zero-order valence-corrected chi connectivity index (χ0v) is 11.1. The molecule has 0 N–H and O–H groups in total. The number of esters is 1. The third-order valence-corrected chi connectivity index (χ3v) is 3.30. The summed E-state index contributed by atoms with van der Waals surface area (Å²) in [6.07, 6.45) is 1.38. The lowest BCUT2D eigenvalue weighted by Gasteiger charge is -2.23. The highest BCUT2D eigenvalue weighted by Crippen LogP contribution is 2.21. The SMILES string of the molecule is COC(=O)C1CCCN1c1nn(C)c(=O)n(C)c1=O. The van der Waals surface area contributed by atoms with Gasteiger partial charge in [0.15, 0.2) is 0 Å². The fourth-order valence-electron chi connectivity index (χ4n) is 2.26. The number of carbonyl (C=O) groups is 1. The van der Waals surface area contributed by atoms with Gasteiger partial charge in [-0.05, 0) is 12.8 Å². The van der Waals surface area contributed by atoms with E-state index in [0.717, 1.165) is 15.7 Å². The maximum atomic E-state index is 12.1. The first-order valence-electron chi connectivity index (χ1n) is 5.96. The van der Waals surface area contributed by atoms with Gasteiger partial charge in [0, 0.05) is 20.6 Å². The molecule has 8 heteroatoms. The van der Waals surface area contributed by atoms with Crippen molar-refractivity contribution >= 4 is 11.8 Å². The van der Waals surface area contributed by atoms with Crippen molar-refractivity contribution in [3.63, 3.8) is 0 Å². The molecule has 0 bridgehead atoms. The first kappa shape index (κ1) is 13.3. The van der Waals surface area contributed by atoms with E-state index in [1.807, 2.05) is 0 Å². The number of ether oxygens (including phenoxy) is 1. The lowest BCUT2D eigenvalue weighted by Crippen LogP contribution is -2.46. The summed E-state index contributed by atoms with van der Waals surface area (Å²) in [4.78, 5) is 36.9. The van der Waals surface area contributed by atoms with Gasteiger partial charge in [-0.3, -0.25) is 9.36 Å². The summed E-state index contributed by atoms with van der Waals surface area (Å²) in [5.41, 5.74) is -0.999. The maximum absolute atomic E-state index is 12.1. The van der Waals surface area contributed by atoms with Gasteiger partial charge in [0.1, 0.15) is 6.04 Å². The minimum Gasteiger partial charge on any atom is -0.467 e. The Bertz CT molecular complexity index is 618. The van der Waals surface area contributed by atoms with Gasteiger partial charge >= 0.3 is 11.7 Å². The molecule has 1 aliphatic rings. The minimum absolute atomic E-state index is 0.109. The average molecular weight is 268 g/mol. The lowest BCUT2D eigenvalue weighted by atomic mass is 10.2. The quantitative estimate of drug-likeness (QED) is 0.614. The largest absolute Gasteiger partial charge is 0.467 e. The third kappa shape index (κ3) is 2.13. The van der Waals surface area contributed by atoms with Crippen molar-refractivity contribution in [3.8, 4) is 0 Å². The van der Waals surface area contributed by atoms with Gasteiger partial charge in [-0.15, -0.1) is 5.10 Å². The Morgan fingerprint density at radius 3 is 2.68 bits per heavy atom. The van der Waals surface area contributed by atoms with E-state index in [-0.39, 0.29) is 5.82 Å². The van der Waals surface area contributed by atoms with Gasteiger partial charge in [-0.25, -0.2) is 14.3 Å². The number of methoxy groups -OCH3 is 1. The van der Waals surface area contributed by atoms with Gasteiger partial charge in [0.2, 0.25) is 5.82 Å². The molecule has 0 amide bonds. The first-order chi connectivity index (χ1) is 8.97. The molecule has 1 aromatic rings. The molecule has 1 aromatic heterocycles. The summed E-state index contributed by atoms with van der Waals surface area (Å²) in [5.74, 6) is -0.285. The molecular formula is C11H16N4O4. The van der Waals surface area contributed by atoms with Crippen LogP contribution in [0.4, 0.5) is 5.82 Å². The summed E-state index contributed by atoms with van der Waals surface area (Å²) in [6.45, 7) is 0.542. The Kier molecular flexibility index (Phi) is 3.41. The molecule has 1 atom stereocenters. The summed E-state index contributed by atoms with van der Waals surface area (Å²) >= 11 is 0. The van der Waals surface area contributed by atoms with Crippen LogP contribution in [-0.2, 0) is 23.6 Å². The van der Waals surface area contributed by atoms with Gasteiger partial charge in [0.25, 0.3) is 5.56 Å². The van der Waals surface area contributed by atoms with E-state index in [4.69, 9.17) is 4.74 Å². The minimum atomic E-state index is -0.511. The van der Waals surface area contributed by atoms with Crippen molar-refractivity contribution in [2.75, 3.05) is 18.6 Å². The summed E-state index contributed by atoms with van der Waals surface area (Å²) in [7, 11) is 4.17. The molecule has 1 saturated heterocycles. The zero-order valence-electron chi connectivity index (χ0n) is 11.1. The fraction of sp³-hybridized carbons (Fsp3) is 0.636. The van der Waals surface area contributed by atoms with Crippen molar-refractivity contribution < 1.29 is 9.53 Å². The molecular weight excluding hydrogens is 252 g/mol. The number of anilines is 1. The molecule has 8 nitrogen and oxygen atoms in total. The standard InChI is InChI=1S/C11H16N4O4/c1-13-9(16)8(12-14(2)11(13)18)15-6-4-5-7(15)10(17)19-3/h7H,4-6H2,1-3H3. The van der Waals surface area contributed by atoms with Crippen LogP contribution in [-0.4, -0.2) is 40.0 Å². The Morgan fingerprint density at radius 1 is 1.37 bits per heavy atom. The number of aromatic nitrogens is 3. The van der Waals surface area contributed by atoms with E-state index < -0.39 is 23.3 Å². The Labute approximate surface area is 109 Å². The number of rotatable bonds is 2. The molecule has 1 aliphatic heterocycles. The molecule has 2 heterocycles. The van der Waals surface area contributed by atoms with Crippen LogP contribution in [0.1, 0.15) is 12.8 Å². The fourth-order valence-corrected chi connectivity index (χ4v) is 2.26. The predicted molar refractivity (Wildman–Crippen MR) is 67.1 cm³/mol. The molecule has 0 aliphatic carbocycles. The number of hydrogen-bond acceptors (Lipinski definition) is 6. The Balaban J connectivity index is 2.50. The predicted octanol–water partition coefficient (Wildman–Crippen LogP) is -1.38. The van der Waals surface area contributed by atoms with Crippen LogP contribution in [0.5, 0.6) is 0 Å². The molecule has 1 fully saturated rings. The molecule has 0 spiro atoms. The molecule has 104 valence electrons. The molecule has 0 aromatic carbocycles. The van der Waals surface area contributed by atoms with Crippen LogP contribution in [0.15, 0.2) is 9.59 Å². The smallest absolute Gasteiger partial charge is 0.346 e. The van der Waals surface area contributed by atoms with Crippen molar-refractivity contribution in [2.45, 2.75) is 18.9 Å². The van der Waals surface area contributed by atoms with Crippen molar-refractivity contribution in [2.24, 2.45) is 14.1 Å². The van der Waals surface area contributed by atoms with Gasteiger partial charge < -0.3 is 9.64 Å². The van der Waals surface area contributed by atoms with Crippen LogP contribution >= 0.6 is 0 Å². The maximum Gasteiger partial charge on any atom is 0.346 e. The number of aryl methyl sites for hydroxylation is 1. The average Bonchev–Trinajstić information content (AvgIpc) is 2.88. The second kappa shape index (κ2) is 4.87. The van der Waals surface area contributed by atoms with E-state index in [0.29, 0.717) is 13.0 Å². The zero-order chi connectivity index (χ0) is 14.2. The second-order valence-corrected chi connectivity index (χ2v) is 4.47. The molecule has 0 radical (unpaired) electrons. The molecule has 2 rings (SSSR count). The Hall–Kier alpha value is -2.12. The third-order valence-electron chi connectivity index (χ3n) is 3.30. The van der Waals surface area contributed by atoms with Crippen LogP contribution in [0.3, 0.4) is 0 Å². The highest BCUT2D eigenvalue weighted by atomic mass is 16.5. The van der Waals surface area contributed by atoms with Gasteiger partial charge in [-0.1, -0.05) is 0 Å². The van der Waals surface area contributed by atoms with Gasteiger partial charge in [0.05, 0.1) is 7.11 Å². The van der Waals surface area contributed by atoms with E-state index in [1.165, 1.54) is 21.2 Å². The van der Waals surface area contributed by atoms with Gasteiger partial charge in [-0.2, -0.15) is 0 Å². The highest BCUT2D eigenvalue weighted by Gasteiger charge is 2.34. The van der Waals surface area contributed by atoms with Crippen molar-refractivity contribution in [3.05, 3.63) is 20.8 Å². The molecule has 19 heavy (non-hydrogen) atoms. The lowest BCUT2D eigenvalue weighted by molar-refractivity contribution is -0.141. The van der Waals surface area contributed by atoms with E-state index in [2.05, 4.69) is 5.10 Å². The second-order valence-electron chi connectivity index (χ2n) is 4.47. The van der Waals surface area contributed by atoms with E-state index in [9.17, 15) is 14.4 Å². The summed E-state index contributed by atoms with van der Waals surface area (Å²) < 4.78 is 6.79. The summed E-state index contributed by atoms with van der Waals surface area (Å²) in [5, 5.41) is 3.97. The van der Waals surface area contributed by atoms with Crippen LogP contribution in [0.25, 0.3) is 0 Å². The molecule has 0 saturated carbocycles. The van der Waals surface area contributed by atoms with E-state index >= 15 is 0 Å². The van der Waals surface area contributed by atoms with Crippen molar-refractivity contribution in [1.82, 2.24) is 14.3 Å². The number of hydrogen-bond donors (Lipinski definition) is 0. The van der Waals surface area contributed by atoms with Crippen LogP contribution in [0.2, 0.25) is 0 Å². The number of nitrogens with zero attached hydrogens (tertiary/aromatic N) is 4. The number of carbonyl (C=O) groups excluding carboxylic acids is 1. The monoisotopic (exact) mass is 268 g/mol. The van der Waals surface area contributed by atoms with Crippen molar-refractivity contribution in [1.29, 1.82) is 0 Å². The topological polar surface area (TPSA) is 86.4 Å². The summed E-state index contributed by atoms with van der Waals surface area (Å²) in [6, 6.07) is -0.511.